The van der Waals surface area contributed by atoms with Gasteiger partial charge in [-0.2, -0.15) is 12.6 Å². The molecule has 0 rings (SSSR count). The lowest BCUT2D eigenvalue weighted by molar-refractivity contribution is -0.144. The SMILES string of the molecule is CC(C)C(NC(=O)C(CO)NC(=O)C(N)CS)C(=O)NC(CC(N)=O)C(=O)O. The number of nitrogens with one attached hydrogen (secondary N) is 3. The summed E-state index contributed by atoms with van der Waals surface area (Å²) in [7, 11) is 0. The molecular weight excluding hydrogens is 394 g/mol. The molecule has 0 radical (unpaired) electrons. The molecule has 0 heterocycles. The average Bonchev–Trinajstić information content (AvgIpc) is 2.61. The molecule has 4 atom stereocenters. The fourth-order valence-corrected chi connectivity index (χ4v) is 2.17. The molecule has 0 aromatic carbocycles. The number of aliphatic hydroxyl groups is 1. The van der Waals surface area contributed by atoms with Crippen LogP contribution in [0, 0.1) is 5.92 Å². The van der Waals surface area contributed by atoms with Crippen molar-refractivity contribution in [2.24, 2.45) is 17.4 Å². The molecule has 13 heteroatoms. The van der Waals surface area contributed by atoms with E-state index in [4.69, 9.17) is 16.6 Å². The second-order valence-corrected chi connectivity index (χ2v) is 6.70. The van der Waals surface area contributed by atoms with Crippen molar-refractivity contribution in [3.05, 3.63) is 0 Å². The number of rotatable bonds is 12. The number of amides is 4. The Morgan fingerprint density at radius 2 is 1.50 bits per heavy atom. The fourth-order valence-electron chi connectivity index (χ4n) is 2.01. The first-order valence-corrected chi connectivity index (χ1v) is 8.97. The van der Waals surface area contributed by atoms with Crippen LogP contribution in [0.15, 0.2) is 0 Å². The topological polar surface area (TPSA) is 214 Å². The zero-order valence-electron chi connectivity index (χ0n) is 15.5. The van der Waals surface area contributed by atoms with Gasteiger partial charge in [0.15, 0.2) is 0 Å². The van der Waals surface area contributed by atoms with Gasteiger partial charge in [0.1, 0.15) is 18.1 Å². The number of hydrogen-bond donors (Lipinski definition) is 8. The molecule has 0 spiro atoms. The van der Waals surface area contributed by atoms with Gasteiger partial charge in [-0.05, 0) is 5.92 Å². The average molecular weight is 421 g/mol. The van der Waals surface area contributed by atoms with E-state index in [1.807, 2.05) is 0 Å². The molecule has 0 fully saturated rings. The van der Waals surface area contributed by atoms with Crippen LogP contribution in [0.3, 0.4) is 0 Å². The van der Waals surface area contributed by atoms with E-state index in [2.05, 4.69) is 28.6 Å². The number of hydrogen-bond acceptors (Lipinski definition) is 8. The Labute approximate surface area is 167 Å². The number of carboxylic acids is 1. The van der Waals surface area contributed by atoms with Crippen molar-refractivity contribution in [3.8, 4) is 0 Å². The zero-order chi connectivity index (χ0) is 22.0. The van der Waals surface area contributed by atoms with Crippen LogP contribution >= 0.6 is 12.6 Å². The number of nitrogens with two attached hydrogens (primary N) is 2. The first kappa shape index (κ1) is 25.6. The van der Waals surface area contributed by atoms with Gasteiger partial charge in [0, 0.05) is 5.75 Å². The van der Waals surface area contributed by atoms with Gasteiger partial charge in [-0.1, -0.05) is 13.8 Å². The van der Waals surface area contributed by atoms with Crippen LogP contribution in [0.25, 0.3) is 0 Å². The standard InChI is InChI=1S/C15H27N5O7S/c1-6(2)11(14(25)18-8(15(26)27)3-10(17)22)20-13(24)9(4-21)19-12(23)7(16)5-28/h6-9,11,21,28H,3-5,16H2,1-2H3,(H2,17,22)(H,18,25)(H,19,23)(H,20,24)(H,26,27). The molecule has 0 saturated heterocycles. The van der Waals surface area contributed by atoms with Gasteiger partial charge >= 0.3 is 5.97 Å². The van der Waals surface area contributed by atoms with Gasteiger partial charge in [-0.3, -0.25) is 19.2 Å². The highest BCUT2D eigenvalue weighted by Crippen LogP contribution is 2.04. The largest absolute Gasteiger partial charge is 0.480 e. The zero-order valence-corrected chi connectivity index (χ0v) is 16.4. The number of aliphatic hydroxyl groups excluding tert-OH is 1. The molecule has 0 aromatic heterocycles. The lowest BCUT2D eigenvalue weighted by Gasteiger charge is -2.26. The molecule has 28 heavy (non-hydrogen) atoms. The number of carboxylic acid groups (broad SMARTS) is 1. The first-order chi connectivity index (χ1) is 12.9. The number of aliphatic carboxylic acids is 1. The molecule has 4 unspecified atom stereocenters. The molecule has 0 aliphatic rings. The monoisotopic (exact) mass is 421 g/mol. The van der Waals surface area contributed by atoms with Crippen LogP contribution in [-0.4, -0.2) is 76.3 Å². The van der Waals surface area contributed by atoms with Crippen molar-refractivity contribution in [2.45, 2.75) is 44.4 Å². The third kappa shape index (κ3) is 8.54. The van der Waals surface area contributed by atoms with Crippen LogP contribution in [-0.2, 0) is 24.0 Å². The second kappa shape index (κ2) is 12.2. The Kier molecular flexibility index (Phi) is 11.1. The number of carbonyl (C=O) groups is 5. The predicted molar refractivity (Wildman–Crippen MR) is 101 cm³/mol. The second-order valence-electron chi connectivity index (χ2n) is 6.33. The Bertz CT molecular complexity index is 601. The van der Waals surface area contributed by atoms with Crippen molar-refractivity contribution in [1.29, 1.82) is 0 Å². The quantitative estimate of drug-likeness (QED) is 0.146. The van der Waals surface area contributed by atoms with Crippen molar-refractivity contribution in [3.63, 3.8) is 0 Å². The summed E-state index contributed by atoms with van der Waals surface area (Å²) in [5, 5.41) is 25.1. The van der Waals surface area contributed by atoms with Gasteiger partial charge < -0.3 is 37.6 Å². The molecule has 0 aromatic rings. The summed E-state index contributed by atoms with van der Waals surface area (Å²) in [6.07, 6.45) is -0.628. The molecule has 4 amide bonds. The fraction of sp³-hybridized carbons (Fsp3) is 0.667. The molecule has 9 N–H and O–H groups in total. The third-order valence-electron chi connectivity index (χ3n) is 3.62. The summed E-state index contributed by atoms with van der Waals surface area (Å²) < 4.78 is 0. The summed E-state index contributed by atoms with van der Waals surface area (Å²) in [5.41, 5.74) is 10.4. The molecule has 160 valence electrons. The number of primary amides is 1. The van der Waals surface area contributed by atoms with Gasteiger partial charge in [-0.15, -0.1) is 0 Å². The van der Waals surface area contributed by atoms with Gasteiger partial charge in [0.05, 0.1) is 19.1 Å². The Hall–Kier alpha value is -2.38. The lowest BCUT2D eigenvalue weighted by atomic mass is 10.0. The Morgan fingerprint density at radius 1 is 0.964 bits per heavy atom. The van der Waals surface area contributed by atoms with E-state index in [0.29, 0.717) is 0 Å². The van der Waals surface area contributed by atoms with Crippen molar-refractivity contribution in [2.75, 3.05) is 12.4 Å². The van der Waals surface area contributed by atoms with Gasteiger partial charge in [0.25, 0.3) is 0 Å². The molecule has 0 bridgehead atoms. The highest BCUT2D eigenvalue weighted by atomic mass is 32.1. The maximum atomic E-state index is 12.4. The van der Waals surface area contributed by atoms with Gasteiger partial charge in [-0.25, -0.2) is 4.79 Å². The lowest BCUT2D eigenvalue weighted by Crippen LogP contribution is -2.59. The normalized spacial score (nSPS) is 15.1. The summed E-state index contributed by atoms with van der Waals surface area (Å²) in [5.74, 6) is -5.34. The van der Waals surface area contributed by atoms with Crippen LogP contribution in [0.4, 0.5) is 0 Å². The van der Waals surface area contributed by atoms with Gasteiger partial charge in [0.2, 0.25) is 23.6 Å². The summed E-state index contributed by atoms with van der Waals surface area (Å²) in [6, 6.07) is -5.15. The molecule has 0 aliphatic carbocycles. The molecule has 12 nitrogen and oxygen atoms in total. The van der Waals surface area contributed by atoms with Crippen LogP contribution in [0.2, 0.25) is 0 Å². The molecule has 0 saturated carbocycles. The number of carbonyl (C=O) groups excluding carboxylic acids is 4. The molecule has 0 aliphatic heterocycles. The smallest absolute Gasteiger partial charge is 0.326 e. The van der Waals surface area contributed by atoms with Crippen molar-refractivity contribution < 1.29 is 34.2 Å². The minimum absolute atomic E-state index is 0.0130. The van der Waals surface area contributed by atoms with Crippen molar-refractivity contribution in [1.82, 2.24) is 16.0 Å². The number of thiol groups is 1. The molecular formula is C15H27N5O7S. The van der Waals surface area contributed by atoms with E-state index in [0.717, 1.165) is 0 Å². The summed E-state index contributed by atoms with van der Waals surface area (Å²) in [6.45, 7) is 2.40. The maximum absolute atomic E-state index is 12.4. The minimum atomic E-state index is -1.56. The van der Waals surface area contributed by atoms with Crippen LogP contribution in [0.1, 0.15) is 20.3 Å². The van der Waals surface area contributed by atoms with E-state index in [9.17, 15) is 29.1 Å². The third-order valence-corrected chi connectivity index (χ3v) is 4.01. The minimum Gasteiger partial charge on any atom is -0.480 e. The predicted octanol–water partition coefficient (Wildman–Crippen LogP) is -3.69. The van der Waals surface area contributed by atoms with E-state index in [1.54, 1.807) is 13.8 Å². The maximum Gasteiger partial charge on any atom is 0.326 e. The van der Waals surface area contributed by atoms with E-state index in [1.165, 1.54) is 0 Å². The summed E-state index contributed by atoms with van der Waals surface area (Å²) in [4.78, 5) is 58.6. The highest BCUT2D eigenvalue weighted by Gasteiger charge is 2.32. The van der Waals surface area contributed by atoms with E-state index >= 15 is 0 Å². The first-order valence-electron chi connectivity index (χ1n) is 8.34. The van der Waals surface area contributed by atoms with Crippen LogP contribution in [0.5, 0.6) is 0 Å². The van der Waals surface area contributed by atoms with E-state index < -0.39 is 72.7 Å². The van der Waals surface area contributed by atoms with E-state index in [-0.39, 0.29) is 5.75 Å². The van der Waals surface area contributed by atoms with Crippen LogP contribution < -0.4 is 27.4 Å². The summed E-state index contributed by atoms with van der Waals surface area (Å²) >= 11 is 3.86. The Morgan fingerprint density at radius 3 is 1.89 bits per heavy atom. The highest BCUT2D eigenvalue weighted by molar-refractivity contribution is 7.80. The Balaban J connectivity index is 5.18. The van der Waals surface area contributed by atoms with Crippen molar-refractivity contribution >= 4 is 42.2 Å².